The van der Waals surface area contributed by atoms with Crippen LogP contribution in [0.5, 0.6) is 0 Å². The molecule has 2 N–H and O–H groups in total. The molecule has 1 aliphatic heterocycles. The van der Waals surface area contributed by atoms with Gasteiger partial charge in [-0.25, -0.2) is 9.78 Å². The Morgan fingerprint density at radius 2 is 1.91 bits per heavy atom. The van der Waals surface area contributed by atoms with Crippen molar-refractivity contribution in [2.24, 2.45) is 0 Å². The fourth-order valence-electron chi connectivity index (χ4n) is 3.94. The molecule has 4 aromatic rings. The van der Waals surface area contributed by atoms with E-state index in [-0.39, 0.29) is 17.0 Å². The van der Waals surface area contributed by atoms with Crippen molar-refractivity contribution in [1.29, 1.82) is 0 Å². The maximum absolute atomic E-state index is 13.1. The number of nitrogens with zero attached hydrogens (tertiary/aromatic N) is 6. The number of tetrazole rings is 1. The number of carboxylic acids is 1. The number of fused-ring (bicyclic) bond motifs is 1. The molecule has 2 aromatic carbocycles. The number of benzene rings is 2. The van der Waals surface area contributed by atoms with Crippen LogP contribution < -0.4 is 10.9 Å². The van der Waals surface area contributed by atoms with E-state index < -0.39 is 12.0 Å². The smallest absolute Gasteiger partial charge is 0.335 e. The van der Waals surface area contributed by atoms with E-state index in [9.17, 15) is 14.4 Å². The van der Waals surface area contributed by atoms with Crippen molar-refractivity contribution in [2.45, 2.75) is 18.9 Å². The van der Waals surface area contributed by atoms with Crippen LogP contribution in [0.4, 0.5) is 5.69 Å². The quantitative estimate of drug-likeness (QED) is 0.445. The molecule has 170 valence electrons. The molecule has 34 heavy (non-hydrogen) atoms. The van der Waals surface area contributed by atoms with Crippen molar-refractivity contribution < 1.29 is 14.7 Å². The maximum atomic E-state index is 13.1. The average molecular weight is 478 g/mol. The minimum atomic E-state index is -1.06. The number of aromatic carboxylic acids is 1. The number of carbonyl (C=O) groups is 2. The van der Waals surface area contributed by atoms with Gasteiger partial charge in [0.2, 0.25) is 5.91 Å². The molecule has 1 atom stereocenters. The zero-order valence-electron chi connectivity index (χ0n) is 17.4. The molecule has 3 heterocycles. The van der Waals surface area contributed by atoms with Crippen LogP contribution in [0.2, 0.25) is 5.02 Å². The number of halogens is 1. The average Bonchev–Trinajstić information content (AvgIpc) is 3.50. The number of rotatable bonds is 5. The van der Waals surface area contributed by atoms with Crippen LogP contribution >= 0.6 is 11.6 Å². The highest BCUT2D eigenvalue weighted by Gasteiger charge is 2.31. The summed E-state index contributed by atoms with van der Waals surface area (Å²) in [7, 11) is 0. The van der Waals surface area contributed by atoms with E-state index in [0.29, 0.717) is 46.3 Å². The number of hydrogen-bond donors (Lipinski definition) is 2. The first-order valence-electron chi connectivity index (χ1n) is 10.2. The third kappa shape index (κ3) is 3.92. The van der Waals surface area contributed by atoms with E-state index in [1.165, 1.54) is 45.9 Å². The second-order valence-electron chi connectivity index (χ2n) is 7.61. The van der Waals surface area contributed by atoms with Crippen molar-refractivity contribution in [3.8, 4) is 16.9 Å². The summed E-state index contributed by atoms with van der Waals surface area (Å²) in [5, 5.41) is 23.4. The first-order valence-corrected chi connectivity index (χ1v) is 10.6. The number of aryl methyl sites for hydroxylation is 1. The summed E-state index contributed by atoms with van der Waals surface area (Å²) < 4.78 is 2.83. The lowest BCUT2D eigenvalue weighted by atomic mass is 10.1. The Labute approximate surface area is 196 Å². The molecule has 0 saturated carbocycles. The first-order chi connectivity index (χ1) is 16.4. The van der Waals surface area contributed by atoms with Crippen LogP contribution in [0.3, 0.4) is 0 Å². The Hall–Kier alpha value is -4.38. The van der Waals surface area contributed by atoms with E-state index >= 15 is 0 Å². The van der Waals surface area contributed by atoms with E-state index in [0.717, 1.165) is 0 Å². The van der Waals surface area contributed by atoms with Gasteiger partial charge in [0.1, 0.15) is 18.2 Å². The fourth-order valence-corrected chi connectivity index (χ4v) is 4.11. The number of hydrogen-bond acceptors (Lipinski definition) is 7. The van der Waals surface area contributed by atoms with E-state index in [1.807, 2.05) is 0 Å². The zero-order valence-corrected chi connectivity index (χ0v) is 18.2. The van der Waals surface area contributed by atoms with Gasteiger partial charge in [-0.3, -0.25) is 14.2 Å². The number of carbonyl (C=O) groups excluding carboxylic acids is 1. The first kappa shape index (κ1) is 21.5. The second kappa shape index (κ2) is 8.52. The number of nitrogens with one attached hydrogen (secondary N) is 1. The van der Waals surface area contributed by atoms with Gasteiger partial charge in [-0.15, -0.1) is 5.10 Å². The van der Waals surface area contributed by atoms with Gasteiger partial charge in [-0.2, -0.15) is 4.68 Å². The normalized spacial score (nSPS) is 14.6. The van der Waals surface area contributed by atoms with Gasteiger partial charge in [0.05, 0.1) is 16.9 Å². The maximum Gasteiger partial charge on any atom is 0.335 e. The Morgan fingerprint density at radius 1 is 1.12 bits per heavy atom. The summed E-state index contributed by atoms with van der Waals surface area (Å²) in [6, 6.07) is 11.5. The van der Waals surface area contributed by atoms with Crippen molar-refractivity contribution >= 4 is 29.2 Å². The number of carboxylic acid groups (broad SMARTS) is 1. The zero-order chi connectivity index (χ0) is 23.8. The summed E-state index contributed by atoms with van der Waals surface area (Å²) in [4.78, 5) is 41.6. The van der Waals surface area contributed by atoms with Gasteiger partial charge in [0.15, 0.2) is 0 Å². The molecule has 1 amide bonds. The molecule has 0 saturated heterocycles. The van der Waals surface area contributed by atoms with Crippen molar-refractivity contribution in [3.63, 3.8) is 0 Å². The van der Waals surface area contributed by atoms with Gasteiger partial charge in [-0.1, -0.05) is 11.6 Å². The van der Waals surface area contributed by atoms with Crippen LogP contribution in [-0.2, 0) is 11.2 Å². The minimum absolute atomic E-state index is 0.110. The lowest BCUT2D eigenvalue weighted by Gasteiger charge is -2.15. The third-order valence-corrected chi connectivity index (χ3v) is 5.75. The summed E-state index contributed by atoms with van der Waals surface area (Å²) in [5.41, 5.74) is 1.75. The van der Waals surface area contributed by atoms with E-state index in [1.54, 1.807) is 18.2 Å². The number of amides is 1. The molecule has 12 heteroatoms. The van der Waals surface area contributed by atoms with Crippen LogP contribution in [-0.4, -0.2) is 46.7 Å². The van der Waals surface area contributed by atoms with Crippen molar-refractivity contribution in [2.75, 3.05) is 5.32 Å². The molecule has 0 spiro atoms. The van der Waals surface area contributed by atoms with Gasteiger partial charge in [0, 0.05) is 28.8 Å². The van der Waals surface area contributed by atoms with Crippen molar-refractivity contribution in [1.82, 2.24) is 29.8 Å². The summed E-state index contributed by atoms with van der Waals surface area (Å²) in [6.45, 7) is 0. The molecule has 11 nitrogen and oxygen atoms in total. The highest BCUT2D eigenvalue weighted by molar-refractivity contribution is 6.31. The largest absolute Gasteiger partial charge is 0.478 e. The second-order valence-corrected chi connectivity index (χ2v) is 8.04. The fraction of sp³-hybridized carbons (Fsp3) is 0.136. The Morgan fingerprint density at radius 3 is 2.62 bits per heavy atom. The van der Waals surface area contributed by atoms with Crippen LogP contribution in [0, 0.1) is 0 Å². The standard InChI is InChI=1S/C22H16ClN7O4/c23-13-3-6-17(29-11-24-27-28-29)15(9-13)16-10-20(31)30-18(7-8-19(30)26-16)21(32)25-14-4-1-12(2-5-14)22(33)34/h1-6,9-11,18H,7-8H2,(H,25,32)(H,33,34). The van der Waals surface area contributed by atoms with E-state index in [4.69, 9.17) is 16.7 Å². The SMILES string of the molecule is O=C(O)c1ccc(NC(=O)C2CCc3nc(-c4cc(Cl)ccc4-n4cnnn4)cc(=O)n32)cc1. The number of aromatic nitrogens is 6. The molecule has 0 fully saturated rings. The van der Waals surface area contributed by atoms with Crippen LogP contribution in [0.1, 0.15) is 28.6 Å². The number of anilines is 1. The lowest BCUT2D eigenvalue weighted by Crippen LogP contribution is -2.31. The monoisotopic (exact) mass is 477 g/mol. The van der Waals surface area contributed by atoms with Crippen LogP contribution in [0.15, 0.2) is 59.7 Å². The Balaban J connectivity index is 1.46. The van der Waals surface area contributed by atoms with Crippen LogP contribution in [0.25, 0.3) is 16.9 Å². The molecule has 0 bridgehead atoms. The van der Waals surface area contributed by atoms with Gasteiger partial charge in [0.25, 0.3) is 5.56 Å². The highest BCUT2D eigenvalue weighted by atomic mass is 35.5. The third-order valence-electron chi connectivity index (χ3n) is 5.51. The molecule has 1 aliphatic rings. The Bertz CT molecular complexity index is 1470. The molecule has 0 radical (unpaired) electrons. The topological polar surface area (TPSA) is 145 Å². The van der Waals surface area contributed by atoms with E-state index in [2.05, 4.69) is 25.8 Å². The highest BCUT2D eigenvalue weighted by Crippen LogP contribution is 2.30. The predicted molar refractivity (Wildman–Crippen MR) is 121 cm³/mol. The molecule has 0 aliphatic carbocycles. The Kier molecular flexibility index (Phi) is 5.38. The molecule has 1 unspecified atom stereocenters. The lowest BCUT2D eigenvalue weighted by molar-refractivity contribution is -0.119. The summed E-state index contributed by atoms with van der Waals surface area (Å²) >= 11 is 6.20. The summed E-state index contributed by atoms with van der Waals surface area (Å²) in [6.07, 6.45) is 2.26. The molecular formula is C22H16ClN7O4. The predicted octanol–water partition coefficient (Wildman–Crippen LogP) is 2.36. The summed E-state index contributed by atoms with van der Waals surface area (Å²) in [5.74, 6) is -0.957. The van der Waals surface area contributed by atoms with Gasteiger partial charge < -0.3 is 10.4 Å². The van der Waals surface area contributed by atoms with Crippen molar-refractivity contribution in [3.05, 3.63) is 81.6 Å². The van der Waals surface area contributed by atoms with Gasteiger partial charge in [-0.05, 0) is 59.3 Å². The minimum Gasteiger partial charge on any atom is -0.478 e. The molecule has 2 aromatic heterocycles. The molecular weight excluding hydrogens is 462 g/mol. The molecule has 5 rings (SSSR count). The van der Waals surface area contributed by atoms with Gasteiger partial charge >= 0.3 is 5.97 Å².